The van der Waals surface area contributed by atoms with E-state index in [1.807, 2.05) is 43.3 Å². The first-order chi connectivity index (χ1) is 12.5. The van der Waals surface area contributed by atoms with Crippen molar-refractivity contribution in [1.29, 1.82) is 0 Å². The van der Waals surface area contributed by atoms with Crippen molar-refractivity contribution in [2.45, 2.75) is 6.92 Å². The number of aromatic amines is 1. The van der Waals surface area contributed by atoms with Crippen molar-refractivity contribution < 1.29 is 4.39 Å². The summed E-state index contributed by atoms with van der Waals surface area (Å²) in [6.45, 7) is 1.83. The smallest absolute Gasteiger partial charge is 0.226 e. The zero-order chi connectivity index (χ0) is 18.3. The van der Waals surface area contributed by atoms with Gasteiger partial charge in [-0.25, -0.2) is 14.4 Å². The highest BCUT2D eigenvalue weighted by atomic mass is 35.5. The highest BCUT2D eigenvalue weighted by Crippen LogP contribution is 2.33. The van der Waals surface area contributed by atoms with Gasteiger partial charge in [-0.15, -0.1) is 0 Å². The van der Waals surface area contributed by atoms with Gasteiger partial charge in [0.25, 0.3) is 0 Å². The molecule has 4 aromatic rings. The Kier molecular flexibility index (Phi) is 4.01. The first-order valence-electron chi connectivity index (χ1n) is 7.95. The maximum atomic E-state index is 13.7. The molecular formula is C20H13ClFN3O. The molecule has 3 aromatic heterocycles. The predicted octanol–water partition coefficient (Wildman–Crippen LogP) is 4.75. The van der Waals surface area contributed by atoms with Gasteiger partial charge in [-0.1, -0.05) is 41.9 Å². The van der Waals surface area contributed by atoms with Gasteiger partial charge in [-0.2, -0.15) is 0 Å². The van der Waals surface area contributed by atoms with Crippen molar-refractivity contribution in [3.63, 3.8) is 0 Å². The molecule has 128 valence electrons. The number of rotatable bonds is 2. The second kappa shape index (κ2) is 6.35. The lowest BCUT2D eigenvalue weighted by Crippen LogP contribution is -2.09. The molecule has 3 heterocycles. The molecule has 0 bridgehead atoms. The van der Waals surface area contributed by atoms with E-state index in [2.05, 4.69) is 15.0 Å². The van der Waals surface area contributed by atoms with Gasteiger partial charge in [-0.3, -0.25) is 4.79 Å². The second-order valence-electron chi connectivity index (χ2n) is 5.93. The maximum absolute atomic E-state index is 13.7. The SMILES string of the molecule is Cc1cc(-c2cc3c(=O)c(F)c[nH]c3nc2-c2ccccc2)cc(Cl)n1. The van der Waals surface area contributed by atoms with E-state index >= 15 is 0 Å². The number of aromatic nitrogens is 3. The molecule has 0 aliphatic heterocycles. The van der Waals surface area contributed by atoms with Crippen molar-refractivity contribution in [2.24, 2.45) is 0 Å². The van der Waals surface area contributed by atoms with Crippen LogP contribution in [0, 0.1) is 12.7 Å². The third-order valence-corrected chi connectivity index (χ3v) is 4.29. The van der Waals surface area contributed by atoms with E-state index in [-0.39, 0.29) is 5.39 Å². The number of benzene rings is 1. The summed E-state index contributed by atoms with van der Waals surface area (Å²) >= 11 is 6.11. The predicted molar refractivity (Wildman–Crippen MR) is 101 cm³/mol. The summed E-state index contributed by atoms with van der Waals surface area (Å²) in [6.07, 6.45) is 1.03. The number of nitrogens with one attached hydrogen (secondary N) is 1. The van der Waals surface area contributed by atoms with Crippen molar-refractivity contribution in [3.05, 3.63) is 81.6 Å². The van der Waals surface area contributed by atoms with Gasteiger partial charge in [0.15, 0.2) is 5.82 Å². The van der Waals surface area contributed by atoms with E-state index in [0.29, 0.717) is 22.1 Å². The fraction of sp³-hybridized carbons (Fsp3) is 0.0500. The van der Waals surface area contributed by atoms with Gasteiger partial charge in [0.1, 0.15) is 10.8 Å². The van der Waals surface area contributed by atoms with Crippen LogP contribution in [0.3, 0.4) is 0 Å². The van der Waals surface area contributed by atoms with Gasteiger partial charge in [0.05, 0.1) is 11.1 Å². The Balaban J connectivity index is 2.11. The van der Waals surface area contributed by atoms with Crippen molar-refractivity contribution in [1.82, 2.24) is 15.0 Å². The molecule has 0 saturated heterocycles. The monoisotopic (exact) mass is 365 g/mol. The Morgan fingerprint density at radius 1 is 1.04 bits per heavy atom. The molecule has 4 rings (SSSR count). The summed E-state index contributed by atoms with van der Waals surface area (Å²) in [7, 11) is 0. The van der Waals surface area contributed by atoms with E-state index < -0.39 is 11.2 Å². The summed E-state index contributed by atoms with van der Waals surface area (Å²) in [5, 5.41) is 0.525. The van der Waals surface area contributed by atoms with E-state index in [1.54, 1.807) is 12.1 Å². The van der Waals surface area contributed by atoms with Crippen molar-refractivity contribution >= 4 is 22.6 Å². The van der Waals surface area contributed by atoms with Gasteiger partial charge in [0, 0.05) is 23.0 Å². The van der Waals surface area contributed by atoms with Crippen LogP contribution >= 0.6 is 11.6 Å². The molecular weight excluding hydrogens is 353 g/mol. The molecule has 0 unspecified atom stereocenters. The number of hydrogen-bond donors (Lipinski definition) is 1. The summed E-state index contributed by atoms with van der Waals surface area (Å²) in [6, 6.07) is 14.8. The number of pyridine rings is 3. The zero-order valence-electron chi connectivity index (χ0n) is 13.8. The van der Waals surface area contributed by atoms with E-state index in [9.17, 15) is 9.18 Å². The first-order valence-corrected chi connectivity index (χ1v) is 8.32. The van der Waals surface area contributed by atoms with E-state index in [4.69, 9.17) is 11.6 Å². The summed E-state index contributed by atoms with van der Waals surface area (Å²) in [5.74, 6) is -0.846. The molecule has 6 heteroatoms. The van der Waals surface area contributed by atoms with Gasteiger partial charge >= 0.3 is 0 Å². The third-order valence-electron chi connectivity index (χ3n) is 4.10. The molecule has 4 nitrogen and oxygen atoms in total. The summed E-state index contributed by atoms with van der Waals surface area (Å²) in [5.41, 5.74) is 3.37. The van der Waals surface area contributed by atoms with Crippen LogP contribution in [0.25, 0.3) is 33.4 Å². The van der Waals surface area contributed by atoms with Crippen LogP contribution in [0.5, 0.6) is 0 Å². The van der Waals surface area contributed by atoms with E-state index in [1.165, 1.54) is 0 Å². The molecule has 0 saturated carbocycles. The van der Waals surface area contributed by atoms with Crippen LogP contribution in [-0.2, 0) is 0 Å². The quantitative estimate of drug-likeness (QED) is 0.521. The average Bonchev–Trinajstić information content (AvgIpc) is 2.64. The Bertz CT molecular complexity index is 1170. The molecule has 0 amide bonds. The molecule has 0 atom stereocenters. The number of halogens is 2. The molecule has 0 radical (unpaired) electrons. The molecule has 0 spiro atoms. The Morgan fingerprint density at radius 3 is 2.54 bits per heavy atom. The van der Waals surface area contributed by atoms with Gasteiger partial charge in [-0.05, 0) is 30.7 Å². The van der Waals surface area contributed by atoms with E-state index in [0.717, 1.165) is 23.0 Å². The number of aryl methyl sites for hydroxylation is 1. The van der Waals surface area contributed by atoms with Crippen molar-refractivity contribution in [3.8, 4) is 22.4 Å². The molecule has 26 heavy (non-hydrogen) atoms. The highest BCUT2D eigenvalue weighted by Gasteiger charge is 2.15. The summed E-state index contributed by atoms with van der Waals surface area (Å²) in [4.78, 5) is 23.7. The van der Waals surface area contributed by atoms with Gasteiger partial charge in [0.2, 0.25) is 5.43 Å². The van der Waals surface area contributed by atoms with Crippen LogP contribution in [0.2, 0.25) is 5.15 Å². The first kappa shape index (κ1) is 16.4. The lowest BCUT2D eigenvalue weighted by atomic mass is 9.98. The molecule has 1 N–H and O–H groups in total. The minimum absolute atomic E-state index is 0.185. The maximum Gasteiger partial charge on any atom is 0.226 e. The molecule has 0 fully saturated rings. The van der Waals surface area contributed by atoms with Crippen LogP contribution in [0.1, 0.15) is 5.69 Å². The van der Waals surface area contributed by atoms with Crippen LogP contribution in [0.15, 0.2) is 59.5 Å². The minimum Gasteiger partial charge on any atom is -0.343 e. The lowest BCUT2D eigenvalue weighted by Gasteiger charge is -2.12. The second-order valence-corrected chi connectivity index (χ2v) is 6.32. The Labute approximate surface area is 153 Å². The Hall–Kier alpha value is -3.05. The third kappa shape index (κ3) is 2.86. The number of H-pyrrole nitrogens is 1. The lowest BCUT2D eigenvalue weighted by molar-refractivity contribution is 0.614. The highest BCUT2D eigenvalue weighted by molar-refractivity contribution is 6.29. The fourth-order valence-corrected chi connectivity index (χ4v) is 3.19. The zero-order valence-corrected chi connectivity index (χ0v) is 14.5. The van der Waals surface area contributed by atoms with Crippen LogP contribution in [0.4, 0.5) is 4.39 Å². The number of fused-ring (bicyclic) bond motifs is 1. The fourth-order valence-electron chi connectivity index (χ4n) is 2.94. The standard InChI is InChI=1S/C20H13ClFN3O/c1-11-7-13(8-17(21)24-11)14-9-15-19(26)16(22)10-23-20(15)25-18(14)12-5-3-2-4-6-12/h2-10H,1H3,(H,23,25,26). The number of hydrogen-bond acceptors (Lipinski definition) is 3. The van der Waals surface area contributed by atoms with Crippen molar-refractivity contribution in [2.75, 3.05) is 0 Å². The number of nitrogens with zero attached hydrogens (tertiary/aromatic N) is 2. The molecule has 1 aromatic carbocycles. The topological polar surface area (TPSA) is 58.6 Å². The molecule has 0 aliphatic carbocycles. The minimum atomic E-state index is -0.846. The average molecular weight is 366 g/mol. The normalized spacial score (nSPS) is 11.0. The largest absolute Gasteiger partial charge is 0.343 e. The van der Waals surface area contributed by atoms with Crippen LogP contribution < -0.4 is 5.43 Å². The summed E-state index contributed by atoms with van der Waals surface area (Å²) < 4.78 is 13.7. The van der Waals surface area contributed by atoms with Gasteiger partial charge < -0.3 is 4.98 Å². The molecule has 0 aliphatic rings. The van der Waals surface area contributed by atoms with Crippen LogP contribution in [-0.4, -0.2) is 15.0 Å². The Morgan fingerprint density at radius 2 is 1.81 bits per heavy atom.